The molecule has 0 bridgehead atoms. The van der Waals surface area contributed by atoms with Gasteiger partial charge in [-0.15, -0.1) is 0 Å². The molecule has 0 unspecified atom stereocenters. The molecule has 1 aromatic heterocycles. The molecular formula is C19H17ClN2. The third-order valence-corrected chi connectivity index (χ3v) is 4.15. The van der Waals surface area contributed by atoms with E-state index in [-0.39, 0.29) is 5.41 Å². The van der Waals surface area contributed by atoms with Crippen LogP contribution in [0.4, 0.5) is 0 Å². The lowest BCUT2D eigenvalue weighted by molar-refractivity contribution is 0.590. The minimum absolute atomic E-state index is 0.116. The minimum atomic E-state index is 0.116. The van der Waals surface area contributed by atoms with E-state index in [2.05, 4.69) is 56.1 Å². The van der Waals surface area contributed by atoms with Crippen LogP contribution in [0, 0.1) is 11.3 Å². The lowest BCUT2D eigenvalue weighted by Crippen LogP contribution is -2.10. The fourth-order valence-corrected chi connectivity index (χ4v) is 2.81. The van der Waals surface area contributed by atoms with Gasteiger partial charge in [0.1, 0.15) is 6.07 Å². The van der Waals surface area contributed by atoms with Crippen LogP contribution in [0.25, 0.3) is 22.2 Å². The molecule has 0 saturated heterocycles. The van der Waals surface area contributed by atoms with E-state index in [1.54, 1.807) is 0 Å². The maximum absolute atomic E-state index is 9.53. The molecule has 110 valence electrons. The number of benzene rings is 2. The Labute approximate surface area is 135 Å². The molecule has 2 aromatic carbocycles. The number of nitrogens with one attached hydrogen (secondary N) is 1. The highest BCUT2D eigenvalue weighted by atomic mass is 35.5. The highest BCUT2D eigenvalue weighted by molar-refractivity contribution is 6.31. The van der Waals surface area contributed by atoms with E-state index in [0.29, 0.717) is 10.6 Å². The van der Waals surface area contributed by atoms with Crippen LogP contribution in [0.2, 0.25) is 5.02 Å². The van der Waals surface area contributed by atoms with Crippen LogP contribution in [0.1, 0.15) is 31.9 Å². The Bertz CT molecular complexity index is 875. The van der Waals surface area contributed by atoms with Crippen molar-refractivity contribution in [1.82, 2.24) is 4.98 Å². The van der Waals surface area contributed by atoms with Crippen molar-refractivity contribution in [1.29, 1.82) is 5.26 Å². The number of rotatable bonds is 1. The van der Waals surface area contributed by atoms with Crippen molar-refractivity contribution >= 4 is 22.5 Å². The first-order valence-electron chi connectivity index (χ1n) is 7.22. The van der Waals surface area contributed by atoms with Gasteiger partial charge in [-0.25, -0.2) is 0 Å². The molecule has 0 spiro atoms. The van der Waals surface area contributed by atoms with E-state index in [1.807, 2.05) is 18.2 Å². The third-order valence-electron chi connectivity index (χ3n) is 3.91. The average Bonchev–Trinajstić information content (AvgIpc) is 2.84. The van der Waals surface area contributed by atoms with E-state index >= 15 is 0 Å². The molecule has 0 aliphatic heterocycles. The number of H-pyrrole nitrogens is 1. The van der Waals surface area contributed by atoms with Gasteiger partial charge in [0.2, 0.25) is 0 Å². The summed E-state index contributed by atoms with van der Waals surface area (Å²) in [5.74, 6) is 0. The number of nitriles is 1. The number of fused-ring (bicyclic) bond motifs is 1. The summed E-state index contributed by atoms with van der Waals surface area (Å²) in [5.41, 5.74) is 4.81. The first-order chi connectivity index (χ1) is 10.4. The largest absolute Gasteiger partial charge is 0.353 e. The van der Waals surface area contributed by atoms with Crippen LogP contribution >= 0.6 is 11.6 Å². The molecule has 22 heavy (non-hydrogen) atoms. The highest BCUT2D eigenvalue weighted by Gasteiger charge is 2.16. The number of aromatic amines is 1. The summed E-state index contributed by atoms with van der Waals surface area (Å²) in [6, 6.07) is 16.2. The van der Waals surface area contributed by atoms with Crippen molar-refractivity contribution in [2.45, 2.75) is 26.2 Å². The smallest absolute Gasteiger partial charge is 0.102 e. The fraction of sp³-hybridized carbons (Fsp3) is 0.211. The van der Waals surface area contributed by atoms with Gasteiger partial charge in [0, 0.05) is 15.9 Å². The summed E-state index contributed by atoms with van der Waals surface area (Å²) in [6.07, 6.45) is 0. The predicted octanol–water partition coefficient (Wildman–Crippen LogP) is 5.66. The van der Waals surface area contributed by atoms with Gasteiger partial charge in [-0.2, -0.15) is 5.26 Å². The summed E-state index contributed by atoms with van der Waals surface area (Å²) >= 11 is 6.05. The number of hydrogen-bond donors (Lipinski definition) is 1. The second-order valence-corrected chi connectivity index (χ2v) is 6.94. The van der Waals surface area contributed by atoms with Crippen molar-refractivity contribution in [3.8, 4) is 17.3 Å². The molecular weight excluding hydrogens is 292 g/mol. The van der Waals surface area contributed by atoms with E-state index in [9.17, 15) is 5.26 Å². The standard InChI is InChI=1S/C19H17ClN2/c1-19(2,3)13-6-4-12(5-7-13)18-16(11-21)15-10-14(20)8-9-17(15)22-18/h4-10,22H,1-3H3. The van der Waals surface area contributed by atoms with Gasteiger partial charge in [-0.3, -0.25) is 0 Å². The molecule has 0 aliphatic rings. The second kappa shape index (κ2) is 5.19. The van der Waals surface area contributed by atoms with E-state index < -0.39 is 0 Å². The molecule has 0 fully saturated rings. The van der Waals surface area contributed by atoms with Gasteiger partial charge in [0.15, 0.2) is 0 Å². The molecule has 1 heterocycles. The first kappa shape index (κ1) is 14.7. The van der Waals surface area contributed by atoms with Crippen molar-refractivity contribution < 1.29 is 0 Å². The maximum atomic E-state index is 9.53. The Morgan fingerprint density at radius 2 is 1.73 bits per heavy atom. The number of aromatic nitrogens is 1. The SMILES string of the molecule is CC(C)(C)c1ccc(-c2[nH]c3ccc(Cl)cc3c2C#N)cc1. The maximum Gasteiger partial charge on any atom is 0.102 e. The van der Waals surface area contributed by atoms with E-state index in [1.165, 1.54) is 5.56 Å². The van der Waals surface area contributed by atoms with E-state index in [0.717, 1.165) is 22.2 Å². The van der Waals surface area contributed by atoms with Crippen LogP contribution in [-0.4, -0.2) is 4.98 Å². The molecule has 0 amide bonds. The summed E-state index contributed by atoms with van der Waals surface area (Å²) < 4.78 is 0. The summed E-state index contributed by atoms with van der Waals surface area (Å²) in [4.78, 5) is 3.34. The fourth-order valence-electron chi connectivity index (χ4n) is 2.63. The first-order valence-corrected chi connectivity index (χ1v) is 7.60. The van der Waals surface area contributed by atoms with Gasteiger partial charge in [0.25, 0.3) is 0 Å². The van der Waals surface area contributed by atoms with Gasteiger partial charge < -0.3 is 4.98 Å². The Morgan fingerprint density at radius 3 is 2.32 bits per heavy atom. The lowest BCUT2D eigenvalue weighted by Gasteiger charge is -2.19. The second-order valence-electron chi connectivity index (χ2n) is 6.50. The van der Waals surface area contributed by atoms with Crippen LogP contribution in [0.15, 0.2) is 42.5 Å². The molecule has 0 saturated carbocycles. The Morgan fingerprint density at radius 1 is 1.05 bits per heavy atom. The monoisotopic (exact) mass is 308 g/mol. The predicted molar refractivity (Wildman–Crippen MR) is 92.2 cm³/mol. The van der Waals surface area contributed by atoms with Gasteiger partial charge in [0.05, 0.1) is 11.3 Å². The number of halogens is 1. The Balaban J connectivity index is 2.16. The molecule has 0 aliphatic carbocycles. The third kappa shape index (κ3) is 2.49. The number of hydrogen-bond acceptors (Lipinski definition) is 1. The Kier molecular flexibility index (Phi) is 3.47. The minimum Gasteiger partial charge on any atom is -0.353 e. The molecule has 0 radical (unpaired) electrons. The van der Waals surface area contributed by atoms with Crippen LogP contribution in [-0.2, 0) is 5.41 Å². The molecule has 0 atom stereocenters. The van der Waals surface area contributed by atoms with Crippen molar-refractivity contribution in [3.05, 3.63) is 58.6 Å². The molecule has 3 aromatic rings. The van der Waals surface area contributed by atoms with E-state index in [4.69, 9.17) is 11.6 Å². The van der Waals surface area contributed by atoms with Gasteiger partial charge in [-0.1, -0.05) is 56.6 Å². The zero-order valence-electron chi connectivity index (χ0n) is 12.9. The van der Waals surface area contributed by atoms with Gasteiger partial charge in [-0.05, 0) is 34.7 Å². The zero-order chi connectivity index (χ0) is 15.9. The Hall–Kier alpha value is -2.24. The quantitative estimate of drug-likeness (QED) is 0.619. The normalized spacial score (nSPS) is 11.6. The van der Waals surface area contributed by atoms with Crippen LogP contribution in [0.5, 0.6) is 0 Å². The summed E-state index contributed by atoms with van der Waals surface area (Å²) in [7, 11) is 0. The molecule has 3 heteroatoms. The van der Waals surface area contributed by atoms with Crippen molar-refractivity contribution in [3.63, 3.8) is 0 Å². The zero-order valence-corrected chi connectivity index (χ0v) is 13.6. The highest BCUT2D eigenvalue weighted by Crippen LogP contribution is 2.32. The summed E-state index contributed by atoms with van der Waals surface area (Å²) in [6.45, 7) is 6.56. The van der Waals surface area contributed by atoms with Crippen molar-refractivity contribution in [2.24, 2.45) is 0 Å². The molecule has 1 N–H and O–H groups in total. The van der Waals surface area contributed by atoms with Gasteiger partial charge >= 0.3 is 0 Å². The molecule has 3 rings (SSSR count). The van der Waals surface area contributed by atoms with Crippen LogP contribution < -0.4 is 0 Å². The average molecular weight is 309 g/mol. The lowest BCUT2D eigenvalue weighted by atomic mass is 9.86. The molecule has 2 nitrogen and oxygen atoms in total. The topological polar surface area (TPSA) is 39.6 Å². The van der Waals surface area contributed by atoms with Crippen LogP contribution in [0.3, 0.4) is 0 Å². The summed E-state index contributed by atoms with van der Waals surface area (Å²) in [5, 5.41) is 11.0. The number of nitrogens with zero attached hydrogens (tertiary/aromatic N) is 1. The van der Waals surface area contributed by atoms with Crippen molar-refractivity contribution in [2.75, 3.05) is 0 Å².